The lowest BCUT2D eigenvalue weighted by Gasteiger charge is -2.42. The van der Waals surface area contributed by atoms with E-state index in [9.17, 15) is 4.79 Å². The van der Waals surface area contributed by atoms with Crippen LogP contribution in [0.25, 0.3) is 0 Å². The lowest BCUT2D eigenvalue weighted by molar-refractivity contribution is -0.117. The van der Waals surface area contributed by atoms with Crippen LogP contribution in [0.4, 0.5) is 0 Å². The number of hydrogen-bond donors (Lipinski definition) is 0. The molecule has 0 unspecified atom stereocenters. The van der Waals surface area contributed by atoms with Gasteiger partial charge in [-0.1, -0.05) is 6.08 Å². The standard InChI is InChI=1S/C14H24N2O/c1-14(2,3)16-9-7-15(8-10-16)11-13(17)12-5-4-6-12/h5H,4,6-11H2,1-3H3. The molecule has 1 heterocycles. The molecule has 0 bridgehead atoms. The smallest absolute Gasteiger partial charge is 0.172 e. The van der Waals surface area contributed by atoms with Gasteiger partial charge < -0.3 is 0 Å². The molecule has 2 rings (SSSR count). The average Bonchev–Trinajstić information content (AvgIpc) is 2.13. The maximum absolute atomic E-state index is 11.8. The zero-order valence-corrected chi connectivity index (χ0v) is 11.3. The van der Waals surface area contributed by atoms with E-state index < -0.39 is 0 Å². The highest BCUT2D eigenvalue weighted by atomic mass is 16.1. The second-order valence-electron chi connectivity index (χ2n) is 6.13. The van der Waals surface area contributed by atoms with Gasteiger partial charge in [-0.15, -0.1) is 0 Å². The van der Waals surface area contributed by atoms with E-state index in [1.807, 2.05) is 0 Å². The van der Waals surface area contributed by atoms with Crippen LogP contribution in [0, 0.1) is 0 Å². The van der Waals surface area contributed by atoms with Crippen molar-refractivity contribution < 1.29 is 4.79 Å². The third kappa shape index (κ3) is 3.17. The largest absolute Gasteiger partial charge is 0.296 e. The molecule has 2 aliphatic rings. The molecule has 0 aromatic carbocycles. The Kier molecular flexibility index (Phi) is 3.69. The van der Waals surface area contributed by atoms with Gasteiger partial charge in [-0.3, -0.25) is 14.6 Å². The maximum atomic E-state index is 11.8. The first-order valence-corrected chi connectivity index (χ1v) is 6.66. The topological polar surface area (TPSA) is 23.6 Å². The summed E-state index contributed by atoms with van der Waals surface area (Å²) in [5.74, 6) is 0.348. The van der Waals surface area contributed by atoms with Crippen LogP contribution in [0.15, 0.2) is 11.6 Å². The lowest BCUT2D eigenvalue weighted by Crippen LogP contribution is -2.54. The number of rotatable bonds is 3. The fourth-order valence-corrected chi connectivity index (χ4v) is 2.42. The minimum atomic E-state index is 0.257. The predicted molar refractivity (Wildman–Crippen MR) is 70.1 cm³/mol. The van der Waals surface area contributed by atoms with E-state index in [0.29, 0.717) is 12.3 Å². The van der Waals surface area contributed by atoms with E-state index in [2.05, 4.69) is 36.6 Å². The third-order valence-electron chi connectivity index (χ3n) is 3.85. The summed E-state index contributed by atoms with van der Waals surface area (Å²) in [5.41, 5.74) is 1.32. The molecule has 0 saturated carbocycles. The summed E-state index contributed by atoms with van der Waals surface area (Å²) in [6.07, 6.45) is 4.17. The monoisotopic (exact) mass is 236 g/mol. The first-order chi connectivity index (χ1) is 7.97. The predicted octanol–water partition coefficient (Wildman–Crippen LogP) is 1.69. The third-order valence-corrected chi connectivity index (χ3v) is 3.85. The van der Waals surface area contributed by atoms with Crippen molar-refractivity contribution in [2.45, 2.75) is 39.2 Å². The molecule has 1 aliphatic heterocycles. The molecule has 1 fully saturated rings. The van der Waals surface area contributed by atoms with Gasteiger partial charge in [0.1, 0.15) is 0 Å². The quantitative estimate of drug-likeness (QED) is 0.745. The molecule has 0 spiro atoms. The second kappa shape index (κ2) is 4.91. The van der Waals surface area contributed by atoms with E-state index in [-0.39, 0.29) is 5.54 Å². The zero-order valence-electron chi connectivity index (χ0n) is 11.3. The SMILES string of the molecule is CC(C)(C)N1CCN(CC(=O)C2=CCC2)CC1. The molecular formula is C14H24N2O. The van der Waals surface area contributed by atoms with Gasteiger partial charge in [0.25, 0.3) is 0 Å². The number of carbonyl (C=O) groups is 1. The summed E-state index contributed by atoms with van der Waals surface area (Å²) in [4.78, 5) is 16.6. The molecule has 0 aromatic heterocycles. The van der Waals surface area contributed by atoms with Gasteiger partial charge >= 0.3 is 0 Å². The van der Waals surface area contributed by atoms with E-state index >= 15 is 0 Å². The van der Waals surface area contributed by atoms with Crippen LogP contribution in [0.5, 0.6) is 0 Å². The molecule has 1 aliphatic carbocycles. The normalized spacial score (nSPS) is 23.1. The Bertz CT molecular complexity index is 320. The van der Waals surface area contributed by atoms with Crippen molar-refractivity contribution in [2.75, 3.05) is 32.7 Å². The summed E-state index contributed by atoms with van der Waals surface area (Å²) in [7, 11) is 0. The van der Waals surface area contributed by atoms with Gasteiger partial charge in [0.2, 0.25) is 0 Å². The van der Waals surface area contributed by atoms with Crippen molar-refractivity contribution in [3.05, 3.63) is 11.6 Å². The number of allylic oxidation sites excluding steroid dienone is 1. The van der Waals surface area contributed by atoms with Crippen molar-refractivity contribution in [1.29, 1.82) is 0 Å². The summed E-state index contributed by atoms with van der Waals surface area (Å²) in [6, 6.07) is 0. The van der Waals surface area contributed by atoms with Crippen molar-refractivity contribution in [1.82, 2.24) is 9.80 Å². The highest BCUT2D eigenvalue weighted by molar-refractivity contribution is 5.98. The summed E-state index contributed by atoms with van der Waals surface area (Å²) < 4.78 is 0. The molecule has 0 amide bonds. The maximum Gasteiger partial charge on any atom is 0.172 e. The van der Waals surface area contributed by atoms with E-state index in [1.54, 1.807) is 0 Å². The van der Waals surface area contributed by atoms with E-state index in [1.165, 1.54) is 0 Å². The van der Waals surface area contributed by atoms with Crippen LogP contribution in [0.2, 0.25) is 0 Å². The van der Waals surface area contributed by atoms with Crippen LogP contribution in [0.1, 0.15) is 33.6 Å². The van der Waals surface area contributed by atoms with E-state index in [4.69, 9.17) is 0 Å². The Morgan fingerprint density at radius 2 is 1.82 bits per heavy atom. The Balaban J connectivity index is 1.77. The summed E-state index contributed by atoms with van der Waals surface area (Å²) >= 11 is 0. The van der Waals surface area contributed by atoms with Gasteiger partial charge in [-0.05, 0) is 39.2 Å². The zero-order chi connectivity index (χ0) is 12.5. The van der Waals surface area contributed by atoms with Crippen LogP contribution >= 0.6 is 0 Å². The number of ketones is 1. The molecule has 96 valence electrons. The van der Waals surface area contributed by atoms with E-state index in [0.717, 1.165) is 44.6 Å². The highest BCUT2D eigenvalue weighted by Gasteiger charge is 2.27. The second-order valence-corrected chi connectivity index (χ2v) is 6.13. The number of piperazine rings is 1. The van der Waals surface area contributed by atoms with Crippen molar-refractivity contribution in [3.8, 4) is 0 Å². The highest BCUT2D eigenvalue weighted by Crippen LogP contribution is 2.20. The van der Waals surface area contributed by atoms with Crippen LogP contribution in [-0.4, -0.2) is 53.8 Å². The minimum Gasteiger partial charge on any atom is -0.296 e. The number of hydrogen-bond acceptors (Lipinski definition) is 3. The molecule has 3 nitrogen and oxygen atoms in total. The molecule has 0 radical (unpaired) electrons. The molecule has 0 aromatic rings. The van der Waals surface area contributed by atoms with Gasteiger partial charge in [0.15, 0.2) is 5.78 Å². The minimum absolute atomic E-state index is 0.257. The van der Waals surface area contributed by atoms with Crippen molar-refractivity contribution in [2.24, 2.45) is 0 Å². The van der Waals surface area contributed by atoms with Crippen LogP contribution in [-0.2, 0) is 4.79 Å². The molecule has 0 N–H and O–H groups in total. The van der Waals surface area contributed by atoms with Crippen molar-refractivity contribution >= 4 is 5.78 Å². The Morgan fingerprint density at radius 1 is 1.24 bits per heavy atom. The molecular weight excluding hydrogens is 212 g/mol. The van der Waals surface area contributed by atoms with Gasteiger partial charge in [0, 0.05) is 31.7 Å². The first-order valence-electron chi connectivity index (χ1n) is 6.66. The summed E-state index contributed by atoms with van der Waals surface area (Å²) in [5, 5.41) is 0. The fraction of sp³-hybridized carbons (Fsp3) is 0.786. The van der Waals surface area contributed by atoms with Gasteiger partial charge in [-0.25, -0.2) is 0 Å². The lowest BCUT2D eigenvalue weighted by atomic mass is 9.94. The average molecular weight is 236 g/mol. The van der Waals surface area contributed by atoms with Gasteiger partial charge in [-0.2, -0.15) is 0 Å². The number of carbonyl (C=O) groups excluding carboxylic acids is 1. The van der Waals surface area contributed by atoms with Gasteiger partial charge in [0.05, 0.1) is 6.54 Å². The molecule has 3 heteroatoms. The Morgan fingerprint density at radius 3 is 2.24 bits per heavy atom. The number of nitrogens with zero attached hydrogens (tertiary/aromatic N) is 2. The fourth-order valence-electron chi connectivity index (χ4n) is 2.42. The van der Waals surface area contributed by atoms with Crippen molar-refractivity contribution in [3.63, 3.8) is 0 Å². The summed E-state index contributed by atoms with van der Waals surface area (Å²) in [6.45, 7) is 11.6. The Hall–Kier alpha value is -0.670. The Labute approximate surface area is 104 Å². The first kappa shape index (κ1) is 12.8. The van der Waals surface area contributed by atoms with Crippen LogP contribution in [0.3, 0.4) is 0 Å². The molecule has 17 heavy (non-hydrogen) atoms. The number of Topliss-reactive ketones (excluding diaryl/α,β-unsaturated/α-hetero) is 1. The molecule has 0 atom stereocenters. The van der Waals surface area contributed by atoms with Crippen LogP contribution < -0.4 is 0 Å². The molecule has 1 saturated heterocycles.